The number of carbonyl (C=O) groups is 1. The number of carbonyl (C=O) groups excluding carboxylic acids is 1. The van der Waals surface area contributed by atoms with E-state index >= 15 is 0 Å². The van der Waals surface area contributed by atoms with Gasteiger partial charge in [0.2, 0.25) is 0 Å². The van der Waals surface area contributed by atoms with E-state index < -0.39 is 6.16 Å². The van der Waals surface area contributed by atoms with E-state index in [1.807, 2.05) is 25.1 Å². The van der Waals surface area contributed by atoms with Crippen LogP contribution in [0.4, 0.5) is 4.79 Å². The fourth-order valence-corrected chi connectivity index (χ4v) is 1.55. The minimum absolute atomic E-state index is 0.377. The maximum absolute atomic E-state index is 11.4. The standard InChI is InChI=1S/C13H17IO3/c1-9(2)11-5-4-10(3)12(8-11)17-13(15)16-7-6-14/h4-5,8-9H,6-7H2,1-3H3. The second-order valence-electron chi connectivity index (χ2n) is 4.07. The zero-order valence-corrected chi connectivity index (χ0v) is 12.5. The first-order valence-electron chi connectivity index (χ1n) is 5.55. The summed E-state index contributed by atoms with van der Waals surface area (Å²) in [5.41, 5.74) is 2.08. The summed E-state index contributed by atoms with van der Waals surface area (Å²) in [7, 11) is 0. The lowest BCUT2D eigenvalue weighted by molar-refractivity contribution is 0.105. The summed E-state index contributed by atoms with van der Waals surface area (Å²) in [6, 6.07) is 5.89. The number of halogens is 1. The molecular formula is C13H17IO3. The number of rotatable bonds is 4. The zero-order chi connectivity index (χ0) is 12.8. The predicted octanol–water partition coefficient (Wildman–Crippen LogP) is 4.07. The van der Waals surface area contributed by atoms with Gasteiger partial charge in [-0.05, 0) is 30.0 Å². The summed E-state index contributed by atoms with van der Waals surface area (Å²) in [5.74, 6) is 0.984. The number of alkyl halides is 1. The van der Waals surface area contributed by atoms with E-state index in [-0.39, 0.29) is 0 Å². The van der Waals surface area contributed by atoms with Crippen molar-refractivity contribution in [2.75, 3.05) is 11.0 Å². The van der Waals surface area contributed by atoms with Crippen molar-refractivity contribution < 1.29 is 14.3 Å². The van der Waals surface area contributed by atoms with Crippen LogP contribution in [0, 0.1) is 6.92 Å². The molecule has 4 heteroatoms. The Labute approximate surface area is 116 Å². The summed E-state index contributed by atoms with van der Waals surface area (Å²) < 4.78 is 10.8. The van der Waals surface area contributed by atoms with Crippen LogP contribution in [0.25, 0.3) is 0 Å². The molecule has 0 bridgehead atoms. The molecule has 0 aliphatic carbocycles. The van der Waals surface area contributed by atoms with E-state index in [4.69, 9.17) is 9.47 Å². The Morgan fingerprint density at radius 3 is 2.71 bits per heavy atom. The maximum Gasteiger partial charge on any atom is 0.513 e. The number of benzene rings is 1. The normalized spacial score (nSPS) is 10.4. The Balaban J connectivity index is 2.75. The molecule has 0 unspecified atom stereocenters. The summed E-state index contributed by atoms with van der Waals surface area (Å²) >= 11 is 2.14. The van der Waals surface area contributed by atoms with E-state index in [1.54, 1.807) is 0 Å². The molecule has 1 aromatic rings. The predicted molar refractivity (Wildman–Crippen MR) is 76.1 cm³/mol. The van der Waals surface area contributed by atoms with Crippen LogP contribution in [0.2, 0.25) is 0 Å². The Morgan fingerprint density at radius 1 is 1.41 bits per heavy atom. The lowest BCUT2D eigenvalue weighted by Crippen LogP contribution is -2.12. The van der Waals surface area contributed by atoms with Crippen molar-refractivity contribution >= 4 is 28.7 Å². The summed E-state index contributed by atoms with van der Waals surface area (Å²) in [6.07, 6.45) is -0.634. The number of hydrogen-bond acceptors (Lipinski definition) is 3. The van der Waals surface area contributed by atoms with Crippen LogP contribution in [0.5, 0.6) is 5.75 Å². The Kier molecular flexibility index (Phi) is 5.74. The quantitative estimate of drug-likeness (QED) is 0.356. The summed E-state index contributed by atoms with van der Waals surface area (Å²) in [4.78, 5) is 11.4. The Hall–Kier alpha value is -0.780. The topological polar surface area (TPSA) is 35.5 Å². The van der Waals surface area contributed by atoms with Gasteiger partial charge in [0.25, 0.3) is 0 Å². The van der Waals surface area contributed by atoms with Crippen molar-refractivity contribution in [3.05, 3.63) is 29.3 Å². The monoisotopic (exact) mass is 348 g/mol. The molecule has 0 saturated heterocycles. The van der Waals surface area contributed by atoms with Crippen LogP contribution in [0.3, 0.4) is 0 Å². The molecule has 0 amide bonds. The van der Waals surface area contributed by atoms with Crippen LogP contribution in [-0.2, 0) is 4.74 Å². The smallest absolute Gasteiger partial charge is 0.433 e. The number of ether oxygens (including phenoxy) is 2. The van der Waals surface area contributed by atoms with Gasteiger partial charge in [-0.3, -0.25) is 0 Å². The van der Waals surface area contributed by atoms with Gasteiger partial charge in [-0.1, -0.05) is 48.6 Å². The van der Waals surface area contributed by atoms with Crippen LogP contribution < -0.4 is 4.74 Å². The van der Waals surface area contributed by atoms with Gasteiger partial charge in [0, 0.05) is 4.43 Å². The second-order valence-corrected chi connectivity index (χ2v) is 5.15. The van der Waals surface area contributed by atoms with Gasteiger partial charge < -0.3 is 9.47 Å². The highest BCUT2D eigenvalue weighted by molar-refractivity contribution is 14.1. The molecule has 0 aliphatic heterocycles. The average molecular weight is 348 g/mol. The molecule has 94 valence electrons. The molecule has 0 atom stereocenters. The van der Waals surface area contributed by atoms with Gasteiger partial charge in [0.05, 0.1) is 0 Å². The van der Waals surface area contributed by atoms with Gasteiger partial charge in [-0.2, -0.15) is 0 Å². The van der Waals surface area contributed by atoms with Crippen LogP contribution in [0.1, 0.15) is 30.9 Å². The molecule has 1 rings (SSSR count). The molecule has 0 saturated carbocycles. The van der Waals surface area contributed by atoms with Gasteiger partial charge >= 0.3 is 6.16 Å². The third-order valence-corrected chi connectivity index (χ3v) is 2.81. The number of aryl methyl sites for hydroxylation is 1. The summed E-state index contributed by atoms with van der Waals surface area (Å²) in [6.45, 7) is 6.49. The molecule has 0 spiro atoms. The number of hydrogen-bond donors (Lipinski definition) is 0. The fraction of sp³-hybridized carbons (Fsp3) is 0.462. The lowest BCUT2D eigenvalue weighted by Gasteiger charge is -2.11. The zero-order valence-electron chi connectivity index (χ0n) is 10.3. The highest BCUT2D eigenvalue weighted by atomic mass is 127. The van der Waals surface area contributed by atoms with Crippen molar-refractivity contribution in [3.63, 3.8) is 0 Å². The van der Waals surface area contributed by atoms with Gasteiger partial charge in [-0.25, -0.2) is 4.79 Å². The Morgan fingerprint density at radius 2 is 2.12 bits per heavy atom. The largest absolute Gasteiger partial charge is 0.513 e. The maximum atomic E-state index is 11.4. The molecule has 0 N–H and O–H groups in total. The van der Waals surface area contributed by atoms with Crippen molar-refractivity contribution in [2.45, 2.75) is 26.7 Å². The molecular weight excluding hydrogens is 331 g/mol. The highest BCUT2D eigenvalue weighted by Crippen LogP contribution is 2.24. The molecule has 17 heavy (non-hydrogen) atoms. The van der Waals surface area contributed by atoms with E-state index in [1.165, 1.54) is 0 Å². The Bertz CT molecular complexity index is 388. The third-order valence-electron chi connectivity index (χ3n) is 2.37. The van der Waals surface area contributed by atoms with E-state index in [9.17, 15) is 4.79 Å². The van der Waals surface area contributed by atoms with Crippen LogP contribution in [0.15, 0.2) is 18.2 Å². The van der Waals surface area contributed by atoms with Crippen molar-refractivity contribution in [3.8, 4) is 5.75 Å². The van der Waals surface area contributed by atoms with E-state index in [0.29, 0.717) is 18.3 Å². The van der Waals surface area contributed by atoms with Gasteiger partial charge in [0.1, 0.15) is 12.4 Å². The average Bonchev–Trinajstić information content (AvgIpc) is 2.29. The SMILES string of the molecule is Cc1ccc(C(C)C)cc1OC(=O)OCCI. The van der Waals surface area contributed by atoms with Crippen molar-refractivity contribution in [1.82, 2.24) is 0 Å². The van der Waals surface area contributed by atoms with Gasteiger partial charge in [0.15, 0.2) is 0 Å². The first kappa shape index (κ1) is 14.3. The minimum atomic E-state index is -0.634. The van der Waals surface area contributed by atoms with Crippen molar-refractivity contribution in [1.29, 1.82) is 0 Å². The molecule has 0 heterocycles. The molecule has 0 aliphatic rings. The molecule has 0 radical (unpaired) electrons. The molecule has 0 aromatic heterocycles. The lowest BCUT2D eigenvalue weighted by atomic mass is 10.0. The summed E-state index contributed by atoms with van der Waals surface area (Å²) in [5, 5.41) is 0. The van der Waals surface area contributed by atoms with Crippen molar-refractivity contribution in [2.24, 2.45) is 0 Å². The fourth-order valence-electron chi connectivity index (χ4n) is 1.33. The van der Waals surface area contributed by atoms with E-state index in [2.05, 4.69) is 36.4 Å². The second kappa shape index (κ2) is 6.83. The first-order valence-corrected chi connectivity index (χ1v) is 7.08. The molecule has 0 fully saturated rings. The van der Waals surface area contributed by atoms with E-state index in [0.717, 1.165) is 15.6 Å². The highest BCUT2D eigenvalue weighted by Gasteiger charge is 2.10. The first-order chi connectivity index (χ1) is 8.04. The third kappa shape index (κ3) is 4.53. The van der Waals surface area contributed by atoms with Crippen LogP contribution in [-0.4, -0.2) is 17.2 Å². The van der Waals surface area contributed by atoms with Crippen LogP contribution >= 0.6 is 22.6 Å². The molecule has 1 aromatic carbocycles. The molecule has 3 nitrogen and oxygen atoms in total. The minimum Gasteiger partial charge on any atom is -0.433 e. The van der Waals surface area contributed by atoms with Gasteiger partial charge in [-0.15, -0.1) is 0 Å².